The molecule has 0 saturated heterocycles. The fourth-order valence-electron chi connectivity index (χ4n) is 2.84. The van der Waals surface area contributed by atoms with E-state index < -0.39 is 12.0 Å². The van der Waals surface area contributed by atoms with Crippen LogP contribution in [0, 0.1) is 6.92 Å². The number of pyridine rings is 1. The molecule has 2 amide bonds. The molecule has 140 valence electrons. The minimum atomic E-state index is -0.887. The van der Waals surface area contributed by atoms with Gasteiger partial charge in [-0.1, -0.05) is 30.3 Å². The highest BCUT2D eigenvalue weighted by Gasteiger charge is 2.15. The number of aliphatic carboxylic acids is 1. The summed E-state index contributed by atoms with van der Waals surface area (Å²) in [4.78, 5) is 27.5. The van der Waals surface area contributed by atoms with E-state index in [1.165, 1.54) is 0 Å². The van der Waals surface area contributed by atoms with Crippen molar-refractivity contribution in [2.45, 2.75) is 32.2 Å². The van der Waals surface area contributed by atoms with E-state index in [1.807, 2.05) is 30.3 Å². The highest BCUT2D eigenvalue weighted by molar-refractivity contribution is 5.89. The summed E-state index contributed by atoms with van der Waals surface area (Å²) in [6.45, 7) is 1.80. The molecule has 2 heterocycles. The summed E-state index contributed by atoms with van der Waals surface area (Å²) >= 11 is 0. The Hall–Kier alpha value is -3.42. The molecule has 0 aliphatic rings. The molecule has 0 spiro atoms. The molecular formula is C19H21N5O3. The molecule has 3 rings (SSSR count). The number of carboxylic acid groups (broad SMARTS) is 1. The summed E-state index contributed by atoms with van der Waals surface area (Å²) < 4.78 is 1.59. The minimum absolute atomic E-state index is 0.0119. The second-order valence-electron chi connectivity index (χ2n) is 6.30. The van der Waals surface area contributed by atoms with Crippen molar-refractivity contribution >= 4 is 23.3 Å². The largest absolute Gasteiger partial charge is 0.481 e. The first-order valence-electron chi connectivity index (χ1n) is 8.66. The van der Waals surface area contributed by atoms with Gasteiger partial charge in [-0.05, 0) is 37.5 Å². The predicted molar refractivity (Wildman–Crippen MR) is 101 cm³/mol. The normalized spacial score (nSPS) is 11.9. The van der Waals surface area contributed by atoms with Crippen molar-refractivity contribution in [1.82, 2.24) is 19.9 Å². The number of rotatable bonds is 7. The molecule has 27 heavy (non-hydrogen) atoms. The number of carboxylic acids is 1. The highest BCUT2D eigenvalue weighted by atomic mass is 16.4. The van der Waals surface area contributed by atoms with Gasteiger partial charge in [0, 0.05) is 12.5 Å². The van der Waals surface area contributed by atoms with E-state index in [9.17, 15) is 9.59 Å². The van der Waals surface area contributed by atoms with Crippen LogP contribution in [0.2, 0.25) is 0 Å². The number of nitrogens with one attached hydrogen (secondary N) is 2. The Balaban J connectivity index is 1.65. The van der Waals surface area contributed by atoms with Crippen LogP contribution in [0.5, 0.6) is 0 Å². The number of fused-ring (bicyclic) bond motifs is 1. The van der Waals surface area contributed by atoms with E-state index in [4.69, 9.17) is 5.11 Å². The molecule has 0 aliphatic carbocycles. The lowest BCUT2D eigenvalue weighted by Gasteiger charge is -2.18. The number of benzene rings is 1. The molecule has 2 aromatic heterocycles. The Labute approximate surface area is 156 Å². The van der Waals surface area contributed by atoms with Crippen molar-refractivity contribution in [3.8, 4) is 0 Å². The van der Waals surface area contributed by atoms with Crippen LogP contribution in [-0.4, -0.2) is 37.7 Å². The van der Waals surface area contributed by atoms with E-state index in [1.54, 1.807) is 29.8 Å². The predicted octanol–water partition coefficient (Wildman–Crippen LogP) is 2.64. The van der Waals surface area contributed by atoms with Crippen LogP contribution in [0.15, 0.2) is 48.7 Å². The lowest BCUT2D eigenvalue weighted by Crippen LogP contribution is -2.39. The minimum Gasteiger partial charge on any atom is -0.481 e. The van der Waals surface area contributed by atoms with Gasteiger partial charge < -0.3 is 15.7 Å². The number of amides is 2. The van der Waals surface area contributed by atoms with Crippen molar-refractivity contribution < 1.29 is 14.7 Å². The average molecular weight is 367 g/mol. The van der Waals surface area contributed by atoms with E-state index in [2.05, 4.69) is 20.7 Å². The Kier molecular flexibility index (Phi) is 5.65. The fourth-order valence-corrected chi connectivity index (χ4v) is 2.84. The van der Waals surface area contributed by atoms with Crippen molar-refractivity contribution in [2.24, 2.45) is 0 Å². The lowest BCUT2D eigenvalue weighted by molar-refractivity contribution is -0.137. The first-order valence-corrected chi connectivity index (χ1v) is 8.66. The average Bonchev–Trinajstić information content (AvgIpc) is 2.99. The van der Waals surface area contributed by atoms with Crippen molar-refractivity contribution in [1.29, 1.82) is 0 Å². The second-order valence-corrected chi connectivity index (χ2v) is 6.30. The third-order valence-corrected chi connectivity index (χ3v) is 4.06. The van der Waals surface area contributed by atoms with Gasteiger partial charge in [-0.2, -0.15) is 5.10 Å². The van der Waals surface area contributed by atoms with E-state index in [0.717, 1.165) is 5.56 Å². The summed E-state index contributed by atoms with van der Waals surface area (Å²) in [5.41, 5.74) is 2.30. The number of aryl methyl sites for hydroxylation is 1. The van der Waals surface area contributed by atoms with Crippen LogP contribution in [0.1, 0.15) is 24.2 Å². The number of nitrogens with zero attached hydrogens (tertiary/aromatic N) is 3. The maximum absolute atomic E-state index is 12.4. The second kappa shape index (κ2) is 8.31. The third-order valence-electron chi connectivity index (χ3n) is 4.06. The summed E-state index contributed by atoms with van der Waals surface area (Å²) in [7, 11) is 0. The molecule has 3 N–H and O–H groups in total. The van der Waals surface area contributed by atoms with Crippen LogP contribution < -0.4 is 10.6 Å². The first kappa shape index (κ1) is 18.4. The summed E-state index contributed by atoms with van der Waals surface area (Å²) in [6.07, 6.45) is 2.57. The quantitative estimate of drug-likeness (QED) is 0.595. The van der Waals surface area contributed by atoms with Gasteiger partial charge in [-0.15, -0.1) is 0 Å². The molecule has 0 aliphatic heterocycles. The van der Waals surface area contributed by atoms with Gasteiger partial charge in [0.2, 0.25) is 0 Å². The molecule has 1 atom stereocenters. The molecule has 8 nitrogen and oxygen atoms in total. The van der Waals surface area contributed by atoms with Crippen LogP contribution in [0.3, 0.4) is 0 Å². The summed E-state index contributed by atoms with van der Waals surface area (Å²) in [6, 6.07) is 12.5. The SMILES string of the molecule is Cc1nc2ccc(NC(=O)NC(CCC(=O)O)Cc3ccccc3)cn2n1. The molecule has 0 saturated carbocycles. The van der Waals surface area contributed by atoms with Gasteiger partial charge in [-0.25, -0.2) is 14.3 Å². The van der Waals surface area contributed by atoms with Crippen LogP contribution in [0.4, 0.5) is 10.5 Å². The fraction of sp³-hybridized carbons (Fsp3) is 0.263. The van der Waals surface area contributed by atoms with Gasteiger partial charge >= 0.3 is 12.0 Å². The van der Waals surface area contributed by atoms with Crippen molar-refractivity contribution in [3.05, 3.63) is 60.0 Å². The maximum Gasteiger partial charge on any atom is 0.319 e. The van der Waals surface area contributed by atoms with Gasteiger partial charge in [0.1, 0.15) is 5.82 Å². The molecule has 3 aromatic rings. The van der Waals surface area contributed by atoms with Crippen LogP contribution in [-0.2, 0) is 11.2 Å². The van der Waals surface area contributed by atoms with Gasteiger partial charge in [-0.3, -0.25) is 4.79 Å². The first-order chi connectivity index (χ1) is 13.0. The number of aromatic nitrogens is 3. The molecule has 0 bridgehead atoms. The number of carbonyl (C=O) groups is 2. The Morgan fingerprint density at radius 1 is 1.19 bits per heavy atom. The van der Waals surface area contributed by atoms with Crippen molar-refractivity contribution in [2.75, 3.05) is 5.32 Å². The number of hydrogen-bond acceptors (Lipinski definition) is 4. The number of hydrogen-bond donors (Lipinski definition) is 3. The van der Waals surface area contributed by atoms with E-state index in [-0.39, 0.29) is 12.5 Å². The smallest absolute Gasteiger partial charge is 0.319 e. The van der Waals surface area contributed by atoms with Gasteiger partial charge in [0.05, 0.1) is 11.9 Å². The molecular weight excluding hydrogens is 346 g/mol. The Morgan fingerprint density at radius 3 is 2.70 bits per heavy atom. The number of carbonyl (C=O) groups excluding carboxylic acids is 1. The molecule has 0 radical (unpaired) electrons. The monoisotopic (exact) mass is 367 g/mol. The zero-order valence-corrected chi connectivity index (χ0v) is 14.9. The molecule has 1 aromatic carbocycles. The summed E-state index contributed by atoms with van der Waals surface area (Å²) in [5.74, 6) is -0.240. The third kappa shape index (κ3) is 5.27. The Bertz CT molecular complexity index is 939. The lowest BCUT2D eigenvalue weighted by atomic mass is 10.0. The molecule has 0 fully saturated rings. The van der Waals surface area contributed by atoms with E-state index >= 15 is 0 Å². The van der Waals surface area contributed by atoms with Gasteiger partial charge in [0.25, 0.3) is 0 Å². The molecule has 8 heteroatoms. The standard InChI is InChI=1S/C19H21N5O3/c1-13-20-17-9-7-16(12-24(17)23-13)22-19(27)21-15(8-10-18(25)26)11-14-5-3-2-4-6-14/h2-7,9,12,15H,8,10-11H2,1H3,(H,25,26)(H2,21,22,27). The van der Waals surface area contributed by atoms with Crippen LogP contribution in [0.25, 0.3) is 5.65 Å². The zero-order valence-electron chi connectivity index (χ0n) is 14.9. The number of urea groups is 1. The maximum atomic E-state index is 12.4. The van der Waals surface area contributed by atoms with Gasteiger partial charge in [0.15, 0.2) is 5.65 Å². The summed E-state index contributed by atoms with van der Waals surface area (Å²) in [5, 5.41) is 18.8. The van der Waals surface area contributed by atoms with E-state index in [0.29, 0.717) is 30.0 Å². The molecule has 1 unspecified atom stereocenters. The number of anilines is 1. The highest BCUT2D eigenvalue weighted by Crippen LogP contribution is 2.11. The topological polar surface area (TPSA) is 109 Å². The Morgan fingerprint density at radius 2 is 1.96 bits per heavy atom. The van der Waals surface area contributed by atoms with Crippen molar-refractivity contribution in [3.63, 3.8) is 0 Å². The van der Waals surface area contributed by atoms with Crippen LogP contribution >= 0.6 is 0 Å². The zero-order chi connectivity index (χ0) is 19.2.